The Morgan fingerprint density at radius 1 is 1.11 bits per heavy atom. The minimum absolute atomic E-state index is 0.110. The van der Waals surface area contributed by atoms with Crippen molar-refractivity contribution in [3.63, 3.8) is 0 Å². The van der Waals surface area contributed by atoms with Gasteiger partial charge in [-0.3, -0.25) is 13.7 Å². The van der Waals surface area contributed by atoms with Crippen LogP contribution in [0.5, 0.6) is 0 Å². The van der Waals surface area contributed by atoms with Gasteiger partial charge < -0.3 is 39.5 Å². The van der Waals surface area contributed by atoms with Gasteiger partial charge >= 0.3 is 15.2 Å². The van der Waals surface area contributed by atoms with E-state index in [1.165, 1.54) is 10.9 Å². The topological polar surface area (TPSA) is 209 Å². The van der Waals surface area contributed by atoms with Crippen LogP contribution < -0.4 is 5.32 Å². The Bertz CT molecular complexity index is 1290. The third kappa shape index (κ3) is 6.25. The van der Waals surface area contributed by atoms with E-state index in [0.29, 0.717) is 17.9 Å². The summed E-state index contributed by atoms with van der Waals surface area (Å²) in [5, 5.41) is 23.9. The van der Waals surface area contributed by atoms with E-state index in [-0.39, 0.29) is 10.9 Å². The molecule has 1 saturated heterocycles. The summed E-state index contributed by atoms with van der Waals surface area (Å²) in [4.78, 5) is 40.0. The van der Waals surface area contributed by atoms with E-state index in [1.54, 1.807) is 0 Å². The van der Waals surface area contributed by atoms with E-state index < -0.39 is 52.2 Å². The number of hydrogen-bond donors (Lipinski definition) is 6. The van der Waals surface area contributed by atoms with Crippen LogP contribution in [-0.2, 0) is 24.9 Å². The van der Waals surface area contributed by atoms with E-state index in [4.69, 9.17) is 30.6 Å². The summed E-state index contributed by atoms with van der Waals surface area (Å²) in [5.41, 5.74) is 1.49. The van der Waals surface area contributed by atoms with Gasteiger partial charge in [0.15, 0.2) is 29.1 Å². The Kier molecular flexibility index (Phi) is 7.60. The van der Waals surface area contributed by atoms with E-state index in [0.717, 1.165) is 5.56 Å². The zero-order chi connectivity index (χ0) is 25.4. The van der Waals surface area contributed by atoms with Crippen LogP contribution in [0.15, 0.2) is 36.7 Å². The van der Waals surface area contributed by atoms with Crippen molar-refractivity contribution in [1.29, 1.82) is 0 Å². The highest BCUT2D eigenvalue weighted by Gasteiger charge is 2.45. The number of aromatic nitrogens is 4. The fourth-order valence-corrected chi connectivity index (χ4v) is 6.27. The minimum atomic E-state index is -4.83. The van der Waals surface area contributed by atoms with Crippen LogP contribution in [0.3, 0.4) is 0 Å². The Balaban J connectivity index is 1.52. The molecule has 17 heteroatoms. The normalized spacial score (nSPS) is 24.5. The lowest BCUT2D eigenvalue weighted by molar-refractivity contribution is -0.0483. The number of halogens is 1. The van der Waals surface area contributed by atoms with Crippen molar-refractivity contribution in [2.75, 3.05) is 17.8 Å². The van der Waals surface area contributed by atoms with Crippen molar-refractivity contribution in [1.82, 2.24) is 19.5 Å². The Morgan fingerprint density at radius 3 is 2.51 bits per heavy atom. The summed E-state index contributed by atoms with van der Waals surface area (Å²) in [6.45, 7) is -0.290. The lowest BCUT2D eigenvalue weighted by Gasteiger charge is -2.18. The molecule has 1 aliphatic rings. The molecule has 3 aromatic rings. The summed E-state index contributed by atoms with van der Waals surface area (Å²) in [6.07, 6.45) is -4.29. The van der Waals surface area contributed by atoms with Gasteiger partial charge in [0.1, 0.15) is 18.3 Å². The molecule has 0 amide bonds. The highest BCUT2D eigenvalue weighted by Crippen LogP contribution is 2.55. The van der Waals surface area contributed by atoms with Crippen LogP contribution in [0.4, 0.5) is 5.82 Å². The molecule has 35 heavy (non-hydrogen) atoms. The third-order valence-corrected chi connectivity index (χ3v) is 8.74. The first kappa shape index (κ1) is 26.1. The van der Waals surface area contributed by atoms with Gasteiger partial charge in [-0.15, -0.1) is 0 Å². The van der Waals surface area contributed by atoms with Gasteiger partial charge in [-0.25, -0.2) is 4.98 Å². The second-order valence-electron chi connectivity index (χ2n) is 7.79. The summed E-state index contributed by atoms with van der Waals surface area (Å²) < 4.78 is 34.5. The molecule has 3 heterocycles. The zero-order valence-electron chi connectivity index (χ0n) is 17.8. The summed E-state index contributed by atoms with van der Waals surface area (Å²) in [6, 6.07) is 9.51. The molecule has 5 atom stereocenters. The van der Waals surface area contributed by atoms with Crippen LogP contribution >= 0.6 is 26.8 Å². The number of benzene rings is 1. The molecule has 6 N–H and O–H groups in total. The lowest BCUT2D eigenvalue weighted by atomic mass is 10.1. The number of aliphatic hydroxyl groups is 2. The van der Waals surface area contributed by atoms with Crippen molar-refractivity contribution in [3.05, 3.63) is 47.5 Å². The standard InChI is InChI=1S/C18H22ClN5O9P2/c19-18-22-15(20-6-10-4-2-1-3-5-10)12-16(23-18)24(8-21-12)17-14(26)13(25)11(33-17)7-32-35(30,31)9-34(27,28)29/h1-5,8,11,13-14,17,25-26H,6-7,9H2,(H,30,31)(H,20,22,23)(H2,27,28,29)/t11-,13-,14-,17-/m1/s1. The molecule has 0 spiro atoms. The maximum absolute atomic E-state index is 11.9. The van der Waals surface area contributed by atoms with Crippen LogP contribution in [0, 0.1) is 0 Å². The number of fused-ring (bicyclic) bond motifs is 1. The van der Waals surface area contributed by atoms with Gasteiger partial charge in [-0.05, 0) is 17.2 Å². The Morgan fingerprint density at radius 2 is 1.83 bits per heavy atom. The largest absolute Gasteiger partial charge is 0.387 e. The van der Waals surface area contributed by atoms with Crippen LogP contribution in [0.1, 0.15) is 11.8 Å². The average Bonchev–Trinajstić information content (AvgIpc) is 3.31. The van der Waals surface area contributed by atoms with Crippen molar-refractivity contribution in [2.24, 2.45) is 0 Å². The number of nitrogens with one attached hydrogen (secondary N) is 1. The van der Waals surface area contributed by atoms with Crippen LogP contribution in [-0.4, -0.2) is 75.2 Å². The molecule has 1 unspecified atom stereocenters. The van der Waals surface area contributed by atoms with Crippen molar-refractivity contribution < 1.29 is 43.3 Å². The molecular weight excluding hydrogens is 528 g/mol. The second-order valence-corrected chi connectivity index (χ2v) is 12.1. The SMILES string of the molecule is O=P(O)(O)CP(=O)(O)OC[C@H]1O[C@@H](n2cnc3c(NCc4ccccc4)nc(Cl)nc32)[C@H](O)[C@@H]1O. The van der Waals surface area contributed by atoms with E-state index in [1.807, 2.05) is 30.3 Å². The van der Waals surface area contributed by atoms with Crippen molar-refractivity contribution in [2.45, 2.75) is 31.1 Å². The van der Waals surface area contributed by atoms with E-state index in [2.05, 4.69) is 20.3 Å². The smallest absolute Gasteiger partial charge is 0.340 e. The first-order valence-corrected chi connectivity index (χ1v) is 14.1. The van der Waals surface area contributed by atoms with Gasteiger partial charge in [0.05, 0.1) is 12.9 Å². The number of hydrogen-bond acceptors (Lipinski definition) is 10. The van der Waals surface area contributed by atoms with E-state index in [9.17, 15) is 24.2 Å². The molecule has 4 rings (SSSR count). The number of nitrogens with zero attached hydrogens (tertiary/aromatic N) is 4. The average molecular weight is 550 g/mol. The number of rotatable bonds is 9. The predicted molar refractivity (Wildman–Crippen MR) is 123 cm³/mol. The highest BCUT2D eigenvalue weighted by atomic mass is 35.5. The maximum Gasteiger partial charge on any atom is 0.340 e. The van der Waals surface area contributed by atoms with Gasteiger partial charge in [-0.2, -0.15) is 9.97 Å². The van der Waals surface area contributed by atoms with Gasteiger partial charge in [0.25, 0.3) is 0 Å². The van der Waals surface area contributed by atoms with Gasteiger partial charge in [0, 0.05) is 6.54 Å². The number of imidazole rings is 1. The molecule has 190 valence electrons. The number of anilines is 1. The first-order valence-electron chi connectivity index (χ1n) is 10.1. The zero-order valence-corrected chi connectivity index (χ0v) is 20.4. The Labute approximate surface area is 203 Å². The lowest BCUT2D eigenvalue weighted by Crippen LogP contribution is -2.33. The molecule has 14 nitrogen and oxygen atoms in total. The first-order chi connectivity index (χ1) is 16.4. The summed E-state index contributed by atoms with van der Waals surface area (Å²) >= 11 is 6.09. The van der Waals surface area contributed by atoms with Crippen molar-refractivity contribution >= 4 is 43.8 Å². The van der Waals surface area contributed by atoms with Gasteiger partial charge in [0.2, 0.25) is 5.28 Å². The molecule has 1 aromatic carbocycles. The van der Waals surface area contributed by atoms with Gasteiger partial charge in [-0.1, -0.05) is 30.3 Å². The molecule has 1 fully saturated rings. The van der Waals surface area contributed by atoms with E-state index >= 15 is 0 Å². The summed E-state index contributed by atoms with van der Waals surface area (Å²) in [5.74, 6) is -1.07. The molecular formula is C18H22ClN5O9P2. The fourth-order valence-electron chi connectivity index (χ4n) is 3.54. The fraction of sp³-hybridized carbons (Fsp3) is 0.389. The molecule has 0 saturated carbocycles. The summed E-state index contributed by atoms with van der Waals surface area (Å²) in [7, 11) is -9.51. The molecule has 0 radical (unpaired) electrons. The Hall–Kier alpha value is -1.96. The minimum Gasteiger partial charge on any atom is -0.387 e. The van der Waals surface area contributed by atoms with Crippen molar-refractivity contribution in [3.8, 4) is 0 Å². The number of ether oxygens (including phenoxy) is 1. The van der Waals surface area contributed by atoms with Crippen LogP contribution in [0.25, 0.3) is 11.2 Å². The maximum atomic E-state index is 11.9. The highest BCUT2D eigenvalue weighted by molar-refractivity contribution is 7.70. The van der Waals surface area contributed by atoms with Crippen LogP contribution in [0.2, 0.25) is 5.28 Å². The second kappa shape index (κ2) is 10.2. The molecule has 0 aliphatic carbocycles. The monoisotopic (exact) mass is 549 g/mol. The molecule has 1 aliphatic heterocycles. The molecule has 0 bridgehead atoms. The quantitative estimate of drug-likeness (QED) is 0.163. The predicted octanol–water partition coefficient (Wildman–Crippen LogP) is 1.05. The number of aliphatic hydroxyl groups excluding tert-OH is 2. The molecule has 2 aromatic heterocycles. The third-order valence-electron chi connectivity index (χ3n) is 5.11.